The van der Waals surface area contributed by atoms with Gasteiger partial charge < -0.3 is 19.0 Å². The first kappa shape index (κ1) is 23.1. The van der Waals surface area contributed by atoms with Crippen LogP contribution < -0.4 is 0 Å². The Morgan fingerprint density at radius 1 is 1.13 bits per heavy atom. The molecule has 168 valence electrons. The Labute approximate surface area is 185 Å². The maximum absolute atomic E-state index is 13.3. The Balaban J connectivity index is 1.74. The second-order valence-corrected chi connectivity index (χ2v) is 8.62. The molecule has 1 fully saturated rings. The minimum Gasteiger partial charge on any atom is -0.467 e. The van der Waals surface area contributed by atoms with Crippen molar-refractivity contribution in [3.8, 4) is 0 Å². The van der Waals surface area contributed by atoms with E-state index >= 15 is 0 Å². The number of hydrogen-bond donors (Lipinski definition) is 0. The monoisotopic (exact) mass is 426 g/mol. The quantitative estimate of drug-likeness (QED) is 0.573. The van der Waals surface area contributed by atoms with Crippen molar-refractivity contribution < 1.29 is 18.7 Å². The topological polar surface area (TPSA) is 63.0 Å². The predicted octanol–water partition coefficient (Wildman–Crippen LogP) is 4.15. The lowest BCUT2D eigenvalue weighted by Crippen LogP contribution is -2.46. The van der Waals surface area contributed by atoms with Crippen molar-refractivity contribution in [1.82, 2.24) is 9.80 Å². The molecule has 2 amide bonds. The second kappa shape index (κ2) is 11.1. The summed E-state index contributed by atoms with van der Waals surface area (Å²) in [4.78, 5) is 30.0. The molecule has 0 saturated carbocycles. The Bertz CT molecular complexity index is 824. The Morgan fingerprint density at radius 2 is 1.90 bits per heavy atom. The van der Waals surface area contributed by atoms with E-state index in [2.05, 4.69) is 20.8 Å². The summed E-state index contributed by atoms with van der Waals surface area (Å²) in [5, 5.41) is 0. The fourth-order valence-electron chi connectivity index (χ4n) is 3.87. The third-order valence-corrected chi connectivity index (χ3v) is 5.54. The standard InChI is InChI=1S/C25H34N2O4/c1-4-20-9-11-21(12-10-20)25(29)27(15-19(2)3)18-24(28)26(16-22-7-5-13-30-22)17-23-8-6-14-31-23/h5,7,9-13,19,23H,4,6,8,14-18H2,1-3H3/t23-/m0/s1. The summed E-state index contributed by atoms with van der Waals surface area (Å²) in [6.45, 7) is 8.38. The van der Waals surface area contributed by atoms with Gasteiger partial charge in [-0.1, -0.05) is 32.9 Å². The Hall–Kier alpha value is -2.60. The minimum atomic E-state index is -0.111. The number of ether oxygens (including phenoxy) is 1. The first-order valence-corrected chi connectivity index (χ1v) is 11.3. The van der Waals surface area contributed by atoms with Gasteiger partial charge >= 0.3 is 0 Å². The Morgan fingerprint density at radius 3 is 2.48 bits per heavy atom. The molecule has 0 N–H and O–H groups in total. The van der Waals surface area contributed by atoms with Crippen LogP contribution in [0, 0.1) is 5.92 Å². The zero-order valence-corrected chi connectivity index (χ0v) is 18.9. The smallest absolute Gasteiger partial charge is 0.254 e. The fourth-order valence-corrected chi connectivity index (χ4v) is 3.87. The maximum atomic E-state index is 13.3. The number of nitrogens with zero attached hydrogens (tertiary/aromatic N) is 2. The van der Waals surface area contributed by atoms with Gasteiger partial charge in [0.05, 0.1) is 18.9 Å². The van der Waals surface area contributed by atoms with Gasteiger partial charge in [-0.05, 0) is 55.0 Å². The summed E-state index contributed by atoms with van der Waals surface area (Å²) < 4.78 is 11.2. The fraction of sp³-hybridized carbons (Fsp3) is 0.520. The van der Waals surface area contributed by atoms with Gasteiger partial charge in [0.25, 0.3) is 5.91 Å². The van der Waals surface area contributed by atoms with E-state index in [1.54, 1.807) is 16.1 Å². The molecule has 2 heterocycles. The lowest BCUT2D eigenvalue weighted by molar-refractivity contribution is -0.134. The SMILES string of the molecule is CCc1ccc(C(=O)N(CC(=O)N(Cc2ccco2)C[C@@H]2CCCO2)CC(C)C)cc1. The maximum Gasteiger partial charge on any atom is 0.254 e. The highest BCUT2D eigenvalue weighted by Crippen LogP contribution is 2.17. The van der Waals surface area contributed by atoms with E-state index < -0.39 is 0 Å². The molecule has 31 heavy (non-hydrogen) atoms. The molecule has 1 saturated heterocycles. The van der Waals surface area contributed by atoms with Crippen molar-refractivity contribution >= 4 is 11.8 Å². The lowest BCUT2D eigenvalue weighted by atomic mass is 10.1. The van der Waals surface area contributed by atoms with Crippen LogP contribution in [0.3, 0.4) is 0 Å². The number of amides is 2. The first-order valence-electron chi connectivity index (χ1n) is 11.3. The second-order valence-electron chi connectivity index (χ2n) is 8.62. The van der Waals surface area contributed by atoms with Crippen LogP contribution in [-0.4, -0.2) is 54.0 Å². The van der Waals surface area contributed by atoms with Crippen LogP contribution in [0.5, 0.6) is 0 Å². The van der Waals surface area contributed by atoms with Crippen molar-refractivity contribution in [2.45, 2.75) is 52.7 Å². The normalized spacial score (nSPS) is 15.9. The lowest BCUT2D eigenvalue weighted by Gasteiger charge is -2.29. The molecule has 0 aliphatic carbocycles. The number of benzene rings is 1. The molecule has 1 aromatic carbocycles. The van der Waals surface area contributed by atoms with Gasteiger partial charge in [-0.3, -0.25) is 9.59 Å². The van der Waals surface area contributed by atoms with Gasteiger partial charge in [0.1, 0.15) is 12.3 Å². The van der Waals surface area contributed by atoms with E-state index in [-0.39, 0.29) is 30.4 Å². The summed E-state index contributed by atoms with van der Waals surface area (Å²) in [6.07, 6.45) is 4.53. The van der Waals surface area contributed by atoms with E-state index in [0.717, 1.165) is 31.6 Å². The molecule has 0 radical (unpaired) electrons. The predicted molar refractivity (Wildman–Crippen MR) is 120 cm³/mol. The molecule has 0 bridgehead atoms. The highest BCUT2D eigenvalue weighted by Gasteiger charge is 2.27. The molecule has 0 spiro atoms. The van der Waals surface area contributed by atoms with Gasteiger partial charge in [-0.25, -0.2) is 0 Å². The number of carbonyl (C=O) groups excluding carboxylic acids is 2. The van der Waals surface area contributed by atoms with Gasteiger partial charge in [0, 0.05) is 25.3 Å². The van der Waals surface area contributed by atoms with Gasteiger partial charge in [0.2, 0.25) is 5.91 Å². The number of aryl methyl sites for hydroxylation is 1. The van der Waals surface area contributed by atoms with E-state index in [0.29, 0.717) is 25.2 Å². The largest absolute Gasteiger partial charge is 0.467 e. The average Bonchev–Trinajstić information content (AvgIpc) is 3.46. The van der Waals surface area contributed by atoms with Gasteiger partial charge in [0.15, 0.2) is 0 Å². The molecule has 6 heteroatoms. The van der Waals surface area contributed by atoms with Crippen molar-refractivity contribution in [2.24, 2.45) is 5.92 Å². The van der Waals surface area contributed by atoms with Crippen LogP contribution in [0.25, 0.3) is 0 Å². The third kappa shape index (κ3) is 6.69. The number of carbonyl (C=O) groups is 2. The summed E-state index contributed by atoms with van der Waals surface area (Å²) in [5.41, 5.74) is 1.80. The van der Waals surface area contributed by atoms with Crippen molar-refractivity contribution in [1.29, 1.82) is 0 Å². The van der Waals surface area contributed by atoms with Crippen LogP contribution in [0.2, 0.25) is 0 Å². The number of rotatable bonds is 10. The number of hydrogen-bond acceptors (Lipinski definition) is 4. The van der Waals surface area contributed by atoms with Crippen LogP contribution >= 0.6 is 0 Å². The summed E-state index contributed by atoms with van der Waals surface area (Å²) in [7, 11) is 0. The molecular weight excluding hydrogens is 392 g/mol. The number of furan rings is 1. The van der Waals surface area contributed by atoms with Crippen LogP contribution in [-0.2, 0) is 22.5 Å². The van der Waals surface area contributed by atoms with Gasteiger partial charge in [-0.2, -0.15) is 0 Å². The van der Waals surface area contributed by atoms with E-state index in [4.69, 9.17) is 9.15 Å². The molecule has 1 aromatic heterocycles. The summed E-state index contributed by atoms with van der Waals surface area (Å²) >= 11 is 0. The van der Waals surface area contributed by atoms with Crippen molar-refractivity contribution in [3.05, 3.63) is 59.5 Å². The molecule has 1 atom stereocenters. The van der Waals surface area contributed by atoms with E-state index in [9.17, 15) is 9.59 Å². The molecular formula is C25H34N2O4. The van der Waals surface area contributed by atoms with Crippen LogP contribution in [0.1, 0.15) is 55.3 Å². The van der Waals surface area contributed by atoms with Crippen molar-refractivity contribution in [3.63, 3.8) is 0 Å². The average molecular weight is 427 g/mol. The first-order chi connectivity index (χ1) is 15.0. The van der Waals surface area contributed by atoms with Crippen molar-refractivity contribution in [2.75, 3.05) is 26.2 Å². The molecule has 3 rings (SSSR count). The third-order valence-electron chi connectivity index (χ3n) is 5.54. The minimum absolute atomic E-state index is 0.0368. The zero-order valence-electron chi connectivity index (χ0n) is 18.9. The summed E-state index contributed by atoms with van der Waals surface area (Å²) in [5.74, 6) is 0.775. The zero-order chi connectivity index (χ0) is 22.2. The molecule has 6 nitrogen and oxygen atoms in total. The van der Waals surface area contributed by atoms with E-state index in [1.165, 1.54) is 5.56 Å². The van der Waals surface area contributed by atoms with Crippen LogP contribution in [0.15, 0.2) is 47.1 Å². The molecule has 0 unspecified atom stereocenters. The highest BCUT2D eigenvalue weighted by molar-refractivity contribution is 5.96. The van der Waals surface area contributed by atoms with E-state index in [1.807, 2.05) is 36.4 Å². The Kier molecular flexibility index (Phi) is 8.29. The molecule has 1 aliphatic heterocycles. The molecule has 1 aliphatic rings. The van der Waals surface area contributed by atoms with Crippen LogP contribution in [0.4, 0.5) is 0 Å². The highest BCUT2D eigenvalue weighted by atomic mass is 16.5. The molecule has 2 aromatic rings. The summed E-state index contributed by atoms with van der Waals surface area (Å²) in [6, 6.07) is 11.3. The van der Waals surface area contributed by atoms with Gasteiger partial charge in [-0.15, -0.1) is 0 Å².